The van der Waals surface area contributed by atoms with Crippen molar-refractivity contribution >= 4 is 16.0 Å². The second-order valence-electron chi connectivity index (χ2n) is 4.24. The molecule has 0 aromatic carbocycles. The van der Waals surface area contributed by atoms with Gasteiger partial charge >= 0.3 is 12.1 Å². The third kappa shape index (κ3) is 2.45. The van der Waals surface area contributed by atoms with Crippen molar-refractivity contribution in [3.63, 3.8) is 0 Å². The zero-order chi connectivity index (χ0) is 14.5. The quantitative estimate of drug-likeness (QED) is 0.774. The van der Waals surface area contributed by atoms with Crippen LogP contribution in [0.4, 0.5) is 13.2 Å². The molecule has 1 aromatic rings. The van der Waals surface area contributed by atoms with Crippen molar-refractivity contribution in [3.8, 4) is 0 Å². The van der Waals surface area contributed by atoms with Crippen LogP contribution in [0, 0.1) is 0 Å². The maximum absolute atomic E-state index is 12.6. The van der Waals surface area contributed by atoms with Crippen LogP contribution in [-0.2, 0) is 10.0 Å². The minimum atomic E-state index is -4.67. The van der Waals surface area contributed by atoms with Crippen LogP contribution in [0.2, 0.25) is 0 Å². The summed E-state index contributed by atoms with van der Waals surface area (Å²) in [6.07, 6.45) is -4.50. The van der Waals surface area contributed by atoms with Crippen molar-refractivity contribution in [2.24, 2.45) is 0 Å². The fraction of sp³-hybridized carbons (Fsp3) is 0.444. The van der Waals surface area contributed by atoms with E-state index in [0.717, 1.165) is 12.3 Å². The monoisotopic (exact) mass is 298 g/mol. The minimum absolute atomic E-state index is 0.327. The van der Waals surface area contributed by atoms with Crippen LogP contribution < -0.4 is 4.72 Å². The number of H-pyrrole nitrogens is 1. The molecule has 1 fully saturated rings. The zero-order valence-corrected chi connectivity index (χ0v) is 10.1. The highest BCUT2D eigenvalue weighted by Gasteiger charge is 2.65. The number of alkyl halides is 3. The first-order valence-corrected chi connectivity index (χ1v) is 6.58. The van der Waals surface area contributed by atoms with Gasteiger partial charge in [0.2, 0.25) is 10.0 Å². The van der Waals surface area contributed by atoms with Crippen LogP contribution in [0.5, 0.6) is 0 Å². The Morgan fingerprint density at radius 1 is 1.42 bits per heavy atom. The first kappa shape index (κ1) is 13.9. The Labute approximate surface area is 105 Å². The van der Waals surface area contributed by atoms with Crippen molar-refractivity contribution in [1.82, 2.24) is 9.71 Å². The molecule has 3 N–H and O–H groups in total. The summed E-state index contributed by atoms with van der Waals surface area (Å²) in [5.41, 5.74) is -2.84. The molecule has 0 spiro atoms. The van der Waals surface area contributed by atoms with Crippen molar-refractivity contribution < 1.29 is 31.5 Å². The standard InChI is InChI=1S/C9H9F3N2O4S/c10-9(11,12)8(1-2-8)14-19(17,18)5-3-6(7(15)16)13-4-5/h3-4,13-14H,1-2H2,(H,15,16). The molecule has 10 heteroatoms. The van der Waals surface area contributed by atoms with Gasteiger partial charge in [-0.25, -0.2) is 13.2 Å². The Balaban J connectivity index is 2.26. The van der Waals surface area contributed by atoms with Crippen LogP contribution in [0.25, 0.3) is 0 Å². The van der Waals surface area contributed by atoms with Crippen molar-refractivity contribution in [2.45, 2.75) is 29.5 Å². The number of halogens is 3. The molecule has 106 valence electrons. The summed E-state index contributed by atoms with van der Waals surface area (Å²) < 4.78 is 63.0. The topological polar surface area (TPSA) is 99.3 Å². The number of carboxylic acid groups (broad SMARTS) is 1. The number of aromatic nitrogens is 1. The number of nitrogens with one attached hydrogen (secondary N) is 2. The molecule has 0 bridgehead atoms. The third-order valence-corrected chi connectivity index (χ3v) is 4.34. The van der Waals surface area contributed by atoms with Gasteiger partial charge in [-0.2, -0.15) is 17.9 Å². The highest BCUT2D eigenvalue weighted by molar-refractivity contribution is 7.89. The van der Waals surface area contributed by atoms with Crippen LogP contribution in [0.15, 0.2) is 17.2 Å². The Morgan fingerprint density at radius 2 is 2.00 bits per heavy atom. The number of rotatable bonds is 4. The molecule has 2 rings (SSSR count). The molecular formula is C9H9F3N2O4S. The van der Waals surface area contributed by atoms with Crippen LogP contribution in [0.1, 0.15) is 23.3 Å². The smallest absolute Gasteiger partial charge is 0.407 e. The minimum Gasteiger partial charge on any atom is -0.477 e. The predicted molar refractivity (Wildman–Crippen MR) is 56.1 cm³/mol. The molecule has 0 radical (unpaired) electrons. The van der Waals surface area contributed by atoms with Gasteiger partial charge in [-0.15, -0.1) is 0 Å². The van der Waals surface area contributed by atoms with Gasteiger partial charge in [0.15, 0.2) is 0 Å². The molecule has 0 amide bonds. The van der Waals surface area contributed by atoms with E-state index < -0.39 is 38.3 Å². The van der Waals surface area contributed by atoms with Crippen molar-refractivity contribution in [1.29, 1.82) is 0 Å². The van der Waals surface area contributed by atoms with E-state index in [2.05, 4.69) is 4.98 Å². The number of sulfonamides is 1. The second-order valence-corrected chi connectivity index (χ2v) is 5.92. The fourth-order valence-electron chi connectivity index (χ4n) is 1.54. The van der Waals surface area contributed by atoms with E-state index in [9.17, 15) is 26.4 Å². The van der Waals surface area contributed by atoms with Gasteiger partial charge in [-0.05, 0) is 18.9 Å². The van der Waals surface area contributed by atoms with E-state index in [1.165, 1.54) is 0 Å². The molecule has 0 aliphatic heterocycles. The highest BCUT2D eigenvalue weighted by Crippen LogP contribution is 2.49. The molecule has 6 nitrogen and oxygen atoms in total. The molecule has 1 aromatic heterocycles. The summed E-state index contributed by atoms with van der Waals surface area (Å²) in [6.45, 7) is 0. The Hall–Kier alpha value is -1.55. The molecule has 0 unspecified atom stereocenters. The summed E-state index contributed by atoms with van der Waals surface area (Å²) >= 11 is 0. The lowest BCUT2D eigenvalue weighted by Crippen LogP contribution is -2.47. The number of carboxylic acids is 1. The second kappa shape index (κ2) is 3.97. The van der Waals surface area contributed by atoms with Gasteiger partial charge in [0.05, 0.1) is 0 Å². The fourth-order valence-corrected chi connectivity index (χ4v) is 2.98. The predicted octanol–water partition coefficient (Wildman–Crippen LogP) is 1.09. The Morgan fingerprint density at radius 3 is 2.37 bits per heavy atom. The van der Waals surface area contributed by atoms with E-state index in [4.69, 9.17) is 5.11 Å². The molecule has 1 aliphatic rings. The summed E-state index contributed by atoms with van der Waals surface area (Å²) in [5, 5.41) is 8.61. The number of carbonyl (C=O) groups is 1. The van der Waals surface area contributed by atoms with Gasteiger partial charge in [0, 0.05) is 6.20 Å². The maximum atomic E-state index is 12.6. The van der Waals surface area contributed by atoms with E-state index in [1.807, 2.05) is 0 Å². The first-order chi connectivity index (χ1) is 8.57. The third-order valence-electron chi connectivity index (χ3n) is 2.82. The molecule has 1 heterocycles. The maximum Gasteiger partial charge on any atom is 0.407 e. The van der Waals surface area contributed by atoms with Crippen LogP contribution in [0.3, 0.4) is 0 Å². The van der Waals surface area contributed by atoms with E-state index >= 15 is 0 Å². The lowest BCUT2D eigenvalue weighted by Gasteiger charge is -2.20. The van der Waals surface area contributed by atoms with Gasteiger partial charge in [-0.3, -0.25) is 0 Å². The van der Waals surface area contributed by atoms with Gasteiger partial charge in [-0.1, -0.05) is 0 Å². The van der Waals surface area contributed by atoms with E-state index in [1.54, 1.807) is 4.72 Å². The molecule has 0 saturated heterocycles. The van der Waals surface area contributed by atoms with E-state index in [0.29, 0.717) is 0 Å². The van der Waals surface area contributed by atoms with Crippen LogP contribution in [-0.4, -0.2) is 36.2 Å². The molecular weight excluding hydrogens is 289 g/mol. The summed E-state index contributed by atoms with van der Waals surface area (Å²) in [4.78, 5) is 12.2. The number of hydrogen-bond donors (Lipinski definition) is 3. The first-order valence-electron chi connectivity index (χ1n) is 5.10. The average molecular weight is 298 g/mol. The van der Waals surface area contributed by atoms with Gasteiger partial charge in [0.1, 0.15) is 16.1 Å². The molecule has 19 heavy (non-hydrogen) atoms. The normalized spacial score (nSPS) is 18.3. The van der Waals surface area contributed by atoms with Crippen LogP contribution >= 0.6 is 0 Å². The molecule has 1 aliphatic carbocycles. The SMILES string of the molecule is O=C(O)c1cc(S(=O)(=O)NC2(C(F)(F)F)CC2)c[nH]1. The summed E-state index contributed by atoms with van der Waals surface area (Å²) in [7, 11) is -4.42. The number of aromatic amines is 1. The van der Waals surface area contributed by atoms with Gasteiger partial charge in [0.25, 0.3) is 0 Å². The van der Waals surface area contributed by atoms with Crippen molar-refractivity contribution in [3.05, 3.63) is 18.0 Å². The molecule has 1 saturated carbocycles. The average Bonchev–Trinajstić information content (AvgIpc) is 2.85. The summed E-state index contributed by atoms with van der Waals surface area (Å²) in [6, 6.07) is 0.761. The lowest BCUT2D eigenvalue weighted by atomic mass is 10.3. The Bertz CT molecular complexity index is 616. The lowest BCUT2D eigenvalue weighted by molar-refractivity contribution is -0.160. The highest BCUT2D eigenvalue weighted by atomic mass is 32.2. The zero-order valence-electron chi connectivity index (χ0n) is 9.28. The number of aromatic carboxylic acids is 1. The van der Waals surface area contributed by atoms with Gasteiger partial charge < -0.3 is 10.1 Å². The number of hydrogen-bond acceptors (Lipinski definition) is 3. The molecule has 0 atom stereocenters. The van der Waals surface area contributed by atoms with Crippen molar-refractivity contribution in [2.75, 3.05) is 0 Å². The summed E-state index contributed by atoms with van der Waals surface area (Å²) in [5.74, 6) is -1.40. The van der Waals surface area contributed by atoms with E-state index in [-0.39, 0.29) is 12.8 Å². The largest absolute Gasteiger partial charge is 0.477 e. The Kier molecular flexibility index (Phi) is 2.90.